The summed E-state index contributed by atoms with van der Waals surface area (Å²) in [6.07, 6.45) is 9.17. The average molecular weight is 489 g/mol. The molecule has 6 nitrogen and oxygen atoms in total. The van der Waals surface area contributed by atoms with Gasteiger partial charge in [0, 0.05) is 24.2 Å². The minimum atomic E-state index is -3.75. The molecular weight excluding hydrogens is 457 g/mol. The second kappa shape index (κ2) is 12.9. The lowest BCUT2D eigenvalue weighted by molar-refractivity contribution is 0.237. The molecule has 2 amide bonds. The Kier molecular flexibility index (Phi) is 11.6. The average Bonchev–Trinajstić information content (AvgIpc) is 3.11. The monoisotopic (exact) mass is 488 g/mol. The third kappa shape index (κ3) is 7.52. The van der Waals surface area contributed by atoms with E-state index in [4.69, 9.17) is 23.2 Å². The van der Waals surface area contributed by atoms with Crippen LogP contribution in [0, 0.1) is 20.9 Å². The predicted octanol–water partition coefficient (Wildman–Crippen LogP) is 5.38. The van der Waals surface area contributed by atoms with E-state index in [2.05, 4.69) is 10.6 Å². The molecule has 1 atom stereocenters. The van der Waals surface area contributed by atoms with Gasteiger partial charge in [-0.05, 0) is 43.9 Å². The minimum absolute atomic E-state index is 0. The van der Waals surface area contributed by atoms with Crippen LogP contribution in [0.25, 0.3) is 0 Å². The Hall–Kier alpha value is -1.02. The zero-order valence-electron chi connectivity index (χ0n) is 17.8. The quantitative estimate of drug-likeness (QED) is 0.583. The highest BCUT2D eigenvalue weighted by atomic mass is 35.5. The molecule has 5 radical (unpaired) electrons. The Morgan fingerprint density at radius 1 is 1.03 bits per heavy atom. The van der Waals surface area contributed by atoms with Gasteiger partial charge in [-0.1, -0.05) is 70.2 Å². The van der Waals surface area contributed by atoms with E-state index < -0.39 is 10.0 Å². The summed E-state index contributed by atoms with van der Waals surface area (Å²) in [5.74, 6) is 0. The molecule has 2 fully saturated rings. The number of rotatable bonds is 5. The van der Waals surface area contributed by atoms with Crippen molar-refractivity contribution in [3.8, 4) is 0 Å². The van der Waals surface area contributed by atoms with Crippen molar-refractivity contribution < 1.29 is 13.2 Å². The number of carbonyl (C=O) groups excluding carboxylic acids is 1. The molecule has 1 saturated carbocycles. The number of carbonyl (C=O) groups is 1. The summed E-state index contributed by atoms with van der Waals surface area (Å²) in [4.78, 5) is 12.4. The molecule has 0 bridgehead atoms. The molecule has 0 aromatic heterocycles. The smallest absolute Gasteiger partial charge is 0.315 e. The van der Waals surface area contributed by atoms with Crippen molar-refractivity contribution in [2.75, 3.05) is 13.1 Å². The topological polar surface area (TPSA) is 78.5 Å². The summed E-state index contributed by atoms with van der Waals surface area (Å²) < 4.78 is 27.6. The first-order valence-electron chi connectivity index (χ1n) is 10.2. The standard InChI is InChI=1S/C20H28Cl2N3O3S.2CH2/c21-15-10-11-19(18(22)13-15)29(27,28)25-12-6-9-17(25)14-23-20(26)24-16-7-4-2-1-3-5-8-16;;/h10-11,13,17H,1-9,12,14H2,(H2,23,24,26);2*1H2. The lowest BCUT2D eigenvalue weighted by Gasteiger charge is -2.25. The van der Waals surface area contributed by atoms with E-state index in [1.54, 1.807) is 0 Å². The fraction of sp³-hybridized carbons (Fsp3) is 0.545. The number of sulfonamides is 1. The zero-order chi connectivity index (χ0) is 20.9. The normalized spacial score (nSPS) is 20.6. The predicted molar refractivity (Wildman–Crippen MR) is 126 cm³/mol. The molecule has 1 unspecified atom stereocenters. The lowest BCUT2D eigenvalue weighted by atomic mass is 9.97. The number of nitrogens with zero attached hydrogens (tertiary/aromatic N) is 1. The molecule has 2 N–H and O–H groups in total. The van der Waals surface area contributed by atoms with E-state index in [0.717, 1.165) is 38.1 Å². The van der Waals surface area contributed by atoms with Gasteiger partial charge in [-0.3, -0.25) is 0 Å². The van der Waals surface area contributed by atoms with Crippen LogP contribution in [0.4, 0.5) is 4.79 Å². The summed E-state index contributed by atoms with van der Waals surface area (Å²) in [5.41, 5.74) is 0. The zero-order valence-corrected chi connectivity index (χ0v) is 20.2. The van der Waals surface area contributed by atoms with Crippen LogP contribution in [0.15, 0.2) is 23.1 Å². The molecular formula is C22H32Cl2N3O3S. The molecule has 1 aliphatic heterocycles. The molecule has 1 aliphatic carbocycles. The van der Waals surface area contributed by atoms with Crippen molar-refractivity contribution in [3.63, 3.8) is 0 Å². The van der Waals surface area contributed by atoms with Gasteiger partial charge in [0.2, 0.25) is 10.0 Å². The van der Waals surface area contributed by atoms with Gasteiger partial charge in [-0.25, -0.2) is 13.2 Å². The van der Waals surface area contributed by atoms with Crippen molar-refractivity contribution in [2.45, 2.75) is 68.7 Å². The molecule has 1 aromatic carbocycles. The third-order valence-corrected chi connectivity index (χ3v) is 8.22. The third-order valence-electron chi connectivity index (χ3n) is 5.55. The highest BCUT2D eigenvalue weighted by Crippen LogP contribution is 2.31. The lowest BCUT2D eigenvalue weighted by Crippen LogP contribution is -2.46. The molecule has 1 heterocycles. The van der Waals surface area contributed by atoms with Crippen LogP contribution < -0.4 is 10.6 Å². The van der Waals surface area contributed by atoms with Gasteiger partial charge in [-0.2, -0.15) is 4.31 Å². The van der Waals surface area contributed by atoms with Gasteiger partial charge in [0.25, 0.3) is 0 Å². The maximum atomic E-state index is 13.1. The summed E-state index contributed by atoms with van der Waals surface area (Å²) in [6.45, 7) is 0.677. The minimum Gasteiger partial charge on any atom is -0.337 e. The molecule has 1 aromatic rings. The Bertz CT molecular complexity index is 812. The number of nitrogens with one attached hydrogen (secondary N) is 2. The summed E-state index contributed by atoms with van der Waals surface area (Å²) in [5, 5.41) is 6.32. The van der Waals surface area contributed by atoms with Crippen LogP contribution in [-0.4, -0.2) is 37.9 Å². The maximum absolute atomic E-state index is 13.1. The van der Waals surface area contributed by atoms with Gasteiger partial charge in [0.1, 0.15) is 4.90 Å². The van der Waals surface area contributed by atoms with Crippen molar-refractivity contribution in [1.82, 2.24) is 14.9 Å². The summed E-state index contributed by atoms with van der Waals surface area (Å²) >= 11 is 12.0. The Balaban J connectivity index is 0.00000240. The number of hydrogen-bond acceptors (Lipinski definition) is 3. The molecule has 0 spiro atoms. The Labute approximate surface area is 198 Å². The van der Waals surface area contributed by atoms with E-state index >= 15 is 0 Å². The van der Waals surface area contributed by atoms with Gasteiger partial charge < -0.3 is 10.6 Å². The summed E-state index contributed by atoms with van der Waals surface area (Å²) in [6, 6.07) is 4.91. The van der Waals surface area contributed by atoms with Crippen LogP contribution in [0.1, 0.15) is 57.8 Å². The number of amides is 2. The second-order valence-corrected chi connectivity index (χ2v) is 10.4. The van der Waals surface area contributed by atoms with Gasteiger partial charge in [0.05, 0.1) is 11.1 Å². The Morgan fingerprint density at radius 2 is 1.68 bits per heavy atom. The van der Waals surface area contributed by atoms with Crippen molar-refractivity contribution >= 4 is 39.3 Å². The molecule has 2 aliphatic rings. The van der Waals surface area contributed by atoms with E-state index in [1.807, 2.05) is 0 Å². The van der Waals surface area contributed by atoms with Gasteiger partial charge in [-0.15, -0.1) is 0 Å². The number of urea groups is 1. The first-order valence-corrected chi connectivity index (χ1v) is 12.4. The van der Waals surface area contributed by atoms with Gasteiger partial charge in [0.15, 0.2) is 0 Å². The maximum Gasteiger partial charge on any atom is 0.315 e. The van der Waals surface area contributed by atoms with Crippen molar-refractivity contribution in [1.29, 1.82) is 0 Å². The highest BCUT2D eigenvalue weighted by Gasteiger charge is 2.36. The van der Waals surface area contributed by atoms with Gasteiger partial charge >= 0.3 is 6.03 Å². The van der Waals surface area contributed by atoms with Crippen LogP contribution in [-0.2, 0) is 10.0 Å². The van der Waals surface area contributed by atoms with Crippen molar-refractivity contribution in [3.05, 3.63) is 49.1 Å². The van der Waals surface area contributed by atoms with Crippen LogP contribution in [0.5, 0.6) is 0 Å². The van der Waals surface area contributed by atoms with Crippen LogP contribution in [0.2, 0.25) is 10.0 Å². The number of halogens is 2. The van der Waals surface area contributed by atoms with Crippen molar-refractivity contribution in [2.24, 2.45) is 0 Å². The molecule has 3 rings (SSSR count). The van der Waals surface area contributed by atoms with Crippen LogP contribution in [0.3, 0.4) is 0 Å². The highest BCUT2D eigenvalue weighted by molar-refractivity contribution is 7.89. The summed E-state index contributed by atoms with van der Waals surface area (Å²) in [7, 11) is -3.75. The fourth-order valence-electron chi connectivity index (χ4n) is 4.01. The molecule has 1 saturated heterocycles. The Morgan fingerprint density at radius 3 is 2.32 bits per heavy atom. The SMILES string of the molecule is O=C(NCC1CCCN1S(=O)(=O)c1ccc(Cl)cc1Cl)N[C]1CCCCCCC1.[CH2].[CH2]. The molecule has 9 heteroatoms. The second-order valence-electron chi connectivity index (χ2n) is 7.69. The van der Waals surface area contributed by atoms with E-state index in [0.29, 0.717) is 18.0 Å². The largest absolute Gasteiger partial charge is 0.337 e. The molecule has 31 heavy (non-hydrogen) atoms. The number of benzene rings is 1. The van der Waals surface area contributed by atoms with Crippen LogP contribution >= 0.6 is 23.2 Å². The first-order chi connectivity index (χ1) is 13.9. The molecule has 173 valence electrons. The fourth-order valence-corrected chi connectivity index (χ4v) is 6.45. The van der Waals surface area contributed by atoms with E-state index in [-0.39, 0.29) is 43.4 Å². The van der Waals surface area contributed by atoms with E-state index in [1.165, 1.54) is 41.8 Å². The number of hydrogen-bond donors (Lipinski definition) is 2. The van der Waals surface area contributed by atoms with E-state index in [9.17, 15) is 13.2 Å². The first kappa shape index (κ1) is 28.0.